The maximum absolute atomic E-state index is 13.6. The van der Waals surface area contributed by atoms with Crippen molar-refractivity contribution in [2.45, 2.75) is 25.4 Å². The summed E-state index contributed by atoms with van der Waals surface area (Å²) >= 11 is 5.92. The standard InChI is InChI=1S/C16H16ClFO/c17-13-9-5-10-14(18)16(13)15(19)11-4-8-12-6-2-1-3-7-12/h1-3,5-7,9-10,15,19H,4,8,11H2. The molecule has 0 amide bonds. The van der Waals surface area contributed by atoms with Crippen molar-refractivity contribution in [3.63, 3.8) is 0 Å². The molecule has 0 radical (unpaired) electrons. The minimum Gasteiger partial charge on any atom is -0.388 e. The Bertz CT molecular complexity index is 507. The highest BCUT2D eigenvalue weighted by atomic mass is 35.5. The summed E-state index contributed by atoms with van der Waals surface area (Å²) in [5.74, 6) is -0.445. The van der Waals surface area contributed by atoms with Crippen LogP contribution in [0, 0.1) is 5.82 Å². The highest BCUT2D eigenvalue weighted by Gasteiger charge is 2.15. The van der Waals surface area contributed by atoms with Crippen molar-refractivity contribution >= 4 is 11.6 Å². The van der Waals surface area contributed by atoms with Gasteiger partial charge in [-0.2, -0.15) is 0 Å². The Morgan fingerprint density at radius 2 is 1.79 bits per heavy atom. The van der Waals surface area contributed by atoms with E-state index in [2.05, 4.69) is 0 Å². The van der Waals surface area contributed by atoms with E-state index in [1.165, 1.54) is 17.7 Å². The summed E-state index contributed by atoms with van der Waals surface area (Å²) in [5, 5.41) is 10.3. The monoisotopic (exact) mass is 278 g/mol. The van der Waals surface area contributed by atoms with Gasteiger partial charge in [0.1, 0.15) is 5.82 Å². The molecular formula is C16H16ClFO. The topological polar surface area (TPSA) is 20.2 Å². The third-order valence-electron chi connectivity index (χ3n) is 3.12. The number of hydrogen-bond acceptors (Lipinski definition) is 1. The van der Waals surface area contributed by atoms with E-state index in [1.54, 1.807) is 6.07 Å². The van der Waals surface area contributed by atoms with Crippen molar-refractivity contribution in [2.75, 3.05) is 0 Å². The van der Waals surface area contributed by atoms with E-state index in [0.29, 0.717) is 6.42 Å². The first kappa shape index (κ1) is 14.0. The Morgan fingerprint density at radius 1 is 1.05 bits per heavy atom. The lowest BCUT2D eigenvalue weighted by Crippen LogP contribution is -2.02. The third kappa shape index (κ3) is 3.79. The molecule has 0 bridgehead atoms. The second-order valence-electron chi connectivity index (χ2n) is 4.53. The SMILES string of the molecule is OC(CCCc1ccccc1)c1c(F)cccc1Cl. The maximum Gasteiger partial charge on any atom is 0.130 e. The second-order valence-corrected chi connectivity index (χ2v) is 4.94. The number of hydrogen-bond donors (Lipinski definition) is 1. The average molecular weight is 279 g/mol. The molecule has 1 atom stereocenters. The molecule has 3 heteroatoms. The molecule has 0 saturated carbocycles. The second kappa shape index (κ2) is 6.69. The fraction of sp³-hybridized carbons (Fsp3) is 0.250. The van der Waals surface area contributed by atoms with Gasteiger partial charge in [-0.25, -0.2) is 4.39 Å². The molecular weight excluding hydrogens is 263 g/mol. The molecule has 0 spiro atoms. The van der Waals surface area contributed by atoms with Crippen LogP contribution in [-0.4, -0.2) is 5.11 Å². The number of aryl methyl sites for hydroxylation is 1. The van der Waals surface area contributed by atoms with E-state index in [1.807, 2.05) is 30.3 Å². The van der Waals surface area contributed by atoms with Gasteiger partial charge < -0.3 is 5.11 Å². The summed E-state index contributed by atoms with van der Waals surface area (Å²) in [7, 11) is 0. The predicted molar refractivity (Wildman–Crippen MR) is 75.7 cm³/mol. The minimum absolute atomic E-state index is 0.206. The fourth-order valence-electron chi connectivity index (χ4n) is 2.12. The molecule has 2 aromatic rings. The van der Waals surface area contributed by atoms with Crippen LogP contribution in [0.1, 0.15) is 30.1 Å². The van der Waals surface area contributed by atoms with Gasteiger partial charge in [0.25, 0.3) is 0 Å². The van der Waals surface area contributed by atoms with Crippen LogP contribution in [-0.2, 0) is 6.42 Å². The molecule has 0 heterocycles. The van der Waals surface area contributed by atoms with Gasteiger partial charge in [0.15, 0.2) is 0 Å². The lowest BCUT2D eigenvalue weighted by Gasteiger charge is -2.13. The lowest BCUT2D eigenvalue weighted by atomic mass is 10.0. The van der Waals surface area contributed by atoms with Gasteiger partial charge in [-0.15, -0.1) is 0 Å². The third-order valence-corrected chi connectivity index (χ3v) is 3.45. The fourth-order valence-corrected chi connectivity index (χ4v) is 2.41. The van der Waals surface area contributed by atoms with E-state index in [4.69, 9.17) is 11.6 Å². The Morgan fingerprint density at radius 3 is 2.47 bits per heavy atom. The van der Waals surface area contributed by atoms with Gasteiger partial charge in [-0.05, 0) is 37.0 Å². The first-order valence-electron chi connectivity index (χ1n) is 6.34. The van der Waals surface area contributed by atoms with Crippen LogP contribution in [0.5, 0.6) is 0 Å². The van der Waals surface area contributed by atoms with Crippen LogP contribution in [0.25, 0.3) is 0 Å². The lowest BCUT2D eigenvalue weighted by molar-refractivity contribution is 0.160. The van der Waals surface area contributed by atoms with Crippen molar-refractivity contribution < 1.29 is 9.50 Å². The molecule has 2 aromatic carbocycles. The van der Waals surface area contributed by atoms with Gasteiger partial charge in [-0.1, -0.05) is 48.0 Å². The van der Waals surface area contributed by atoms with Crippen molar-refractivity contribution in [2.24, 2.45) is 0 Å². The Labute approximate surface area is 117 Å². The normalized spacial score (nSPS) is 12.4. The molecule has 1 nitrogen and oxygen atoms in total. The highest BCUT2D eigenvalue weighted by Crippen LogP contribution is 2.28. The van der Waals surface area contributed by atoms with Gasteiger partial charge in [-0.3, -0.25) is 0 Å². The Hall–Kier alpha value is -1.38. The summed E-state index contributed by atoms with van der Waals surface area (Å²) in [6.07, 6.45) is 1.30. The zero-order valence-electron chi connectivity index (χ0n) is 10.5. The number of benzene rings is 2. The highest BCUT2D eigenvalue weighted by molar-refractivity contribution is 6.31. The quantitative estimate of drug-likeness (QED) is 0.851. The van der Waals surface area contributed by atoms with E-state index < -0.39 is 11.9 Å². The van der Waals surface area contributed by atoms with E-state index in [9.17, 15) is 9.50 Å². The first-order valence-corrected chi connectivity index (χ1v) is 6.72. The van der Waals surface area contributed by atoms with Crippen molar-refractivity contribution in [1.82, 2.24) is 0 Å². The Balaban J connectivity index is 1.93. The summed E-state index contributed by atoms with van der Waals surface area (Å²) in [6, 6.07) is 14.5. The molecule has 1 N–H and O–H groups in total. The Kier molecular flexibility index (Phi) is 4.94. The van der Waals surface area contributed by atoms with Gasteiger partial charge in [0.05, 0.1) is 6.10 Å². The van der Waals surface area contributed by atoms with Gasteiger partial charge in [0.2, 0.25) is 0 Å². The average Bonchev–Trinajstić information content (AvgIpc) is 2.40. The van der Waals surface area contributed by atoms with Crippen LogP contribution in [0.2, 0.25) is 5.02 Å². The molecule has 0 aliphatic rings. The molecule has 0 saturated heterocycles. The van der Waals surface area contributed by atoms with Gasteiger partial charge >= 0.3 is 0 Å². The molecule has 0 fully saturated rings. The van der Waals surface area contributed by atoms with Crippen LogP contribution >= 0.6 is 11.6 Å². The van der Waals surface area contributed by atoms with E-state index >= 15 is 0 Å². The minimum atomic E-state index is -0.850. The van der Waals surface area contributed by atoms with Crippen molar-refractivity contribution in [3.8, 4) is 0 Å². The summed E-state index contributed by atoms with van der Waals surface area (Å²) in [5.41, 5.74) is 1.42. The molecule has 1 unspecified atom stereocenters. The van der Waals surface area contributed by atoms with Gasteiger partial charge in [0, 0.05) is 10.6 Å². The maximum atomic E-state index is 13.6. The number of aliphatic hydroxyl groups is 1. The predicted octanol–water partition coefficient (Wildman–Crippen LogP) is 4.54. The first-order chi connectivity index (χ1) is 9.18. The largest absolute Gasteiger partial charge is 0.388 e. The summed E-state index contributed by atoms with van der Waals surface area (Å²) in [4.78, 5) is 0. The van der Waals surface area contributed by atoms with Crippen LogP contribution in [0.4, 0.5) is 4.39 Å². The van der Waals surface area contributed by atoms with Crippen LogP contribution < -0.4 is 0 Å². The zero-order chi connectivity index (χ0) is 13.7. The van der Waals surface area contributed by atoms with Crippen molar-refractivity contribution in [3.05, 3.63) is 70.5 Å². The number of aliphatic hydroxyl groups excluding tert-OH is 1. The van der Waals surface area contributed by atoms with Crippen LogP contribution in [0.15, 0.2) is 48.5 Å². The smallest absolute Gasteiger partial charge is 0.130 e. The van der Waals surface area contributed by atoms with E-state index in [0.717, 1.165) is 12.8 Å². The molecule has 0 aliphatic heterocycles. The van der Waals surface area contributed by atoms with E-state index in [-0.39, 0.29) is 10.6 Å². The number of rotatable bonds is 5. The zero-order valence-corrected chi connectivity index (χ0v) is 11.3. The van der Waals surface area contributed by atoms with Crippen LogP contribution in [0.3, 0.4) is 0 Å². The summed E-state index contributed by atoms with van der Waals surface area (Å²) in [6.45, 7) is 0. The number of halogens is 2. The van der Waals surface area contributed by atoms with Crippen molar-refractivity contribution in [1.29, 1.82) is 0 Å². The molecule has 19 heavy (non-hydrogen) atoms. The molecule has 100 valence electrons. The molecule has 0 aromatic heterocycles. The molecule has 0 aliphatic carbocycles. The summed E-state index contributed by atoms with van der Waals surface area (Å²) < 4.78 is 13.6. The molecule has 2 rings (SSSR count).